The van der Waals surface area contributed by atoms with E-state index in [1.54, 1.807) is 28.1 Å². The van der Waals surface area contributed by atoms with Crippen LogP contribution >= 0.6 is 0 Å². The van der Waals surface area contributed by atoms with Gasteiger partial charge < -0.3 is 15.1 Å². The molecule has 0 radical (unpaired) electrons. The van der Waals surface area contributed by atoms with Crippen molar-refractivity contribution >= 4 is 11.9 Å². The Kier molecular flexibility index (Phi) is 7.09. The number of hydrazine groups is 1. The third kappa shape index (κ3) is 4.78. The first-order chi connectivity index (χ1) is 15.0. The van der Waals surface area contributed by atoms with E-state index in [1.165, 1.54) is 6.07 Å². The largest absolute Gasteiger partial charge is 0.478 e. The molecule has 1 saturated heterocycles. The summed E-state index contributed by atoms with van der Waals surface area (Å²) in [5.41, 5.74) is 6.97. The first-order valence-electron chi connectivity index (χ1n) is 10.5. The molecule has 1 amide bonds. The molecule has 2 aromatic carbocycles. The van der Waals surface area contributed by atoms with Crippen LogP contribution in [0.25, 0.3) is 0 Å². The number of nitrogens with zero attached hydrogens (tertiary/aromatic N) is 2. The van der Waals surface area contributed by atoms with E-state index in [1.807, 2.05) is 51.1 Å². The molecule has 164 valence electrons. The molecule has 2 atom stereocenters. The van der Waals surface area contributed by atoms with E-state index in [2.05, 4.69) is 5.43 Å². The zero-order chi connectivity index (χ0) is 22.5. The van der Waals surface area contributed by atoms with Gasteiger partial charge in [-0.2, -0.15) is 0 Å². The summed E-state index contributed by atoms with van der Waals surface area (Å²) in [4.78, 5) is 26.0. The molecule has 2 aliphatic heterocycles. The number of fused-ring (bicyclic) bond motifs is 1. The van der Waals surface area contributed by atoms with E-state index in [9.17, 15) is 19.8 Å². The normalized spacial score (nSPS) is 20.0. The molecule has 3 N–H and O–H groups in total. The summed E-state index contributed by atoms with van der Waals surface area (Å²) in [5.74, 6) is -1.14. The van der Waals surface area contributed by atoms with Crippen molar-refractivity contribution in [3.05, 3.63) is 82.6 Å². The summed E-state index contributed by atoms with van der Waals surface area (Å²) in [7, 11) is 0. The lowest BCUT2D eigenvalue weighted by atomic mass is 10.0. The van der Waals surface area contributed by atoms with Gasteiger partial charge in [0.15, 0.2) is 0 Å². The number of hydrogen-bond acceptors (Lipinski definition) is 5. The molecule has 0 bridgehead atoms. The van der Waals surface area contributed by atoms with Gasteiger partial charge in [0, 0.05) is 13.1 Å². The van der Waals surface area contributed by atoms with Crippen molar-refractivity contribution in [3.63, 3.8) is 0 Å². The second-order valence-electron chi connectivity index (χ2n) is 7.47. The molecule has 2 aromatic rings. The van der Waals surface area contributed by atoms with Crippen LogP contribution in [0.5, 0.6) is 0 Å². The van der Waals surface area contributed by atoms with Crippen molar-refractivity contribution in [1.29, 1.82) is 0 Å². The van der Waals surface area contributed by atoms with Gasteiger partial charge in [-0.1, -0.05) is 55.8 Å². The highest BCUT2D eigenvalue weighted by Crippen LogP contribution is 2.31. The molecular formula is C24H29N3O4. The molecule has 0 spiro atoms. The van der Waals surface area contributed by atoms with Crippen molar-refractivity contribution < 1.29 is 19.8 Å². The smallest absolute Gasteiger partial charge is 0.335 e. The number of carbonyl (C=O) groups is 2. The molecular weight excluding hydrogens is 394 g/mol. The molecule has 1 fully saturated rings. The molecule has 0 aromatic heterocycles. The molecule has 7 nitrogen and oxygen atoms in total. The number of amides is 1. The van der Waals surface area contributed by atoms with Crippen LogP contribution in [0.4, 0.5) is 0 Å². The minimum Gasteiger partial charge on any atom is -0.478 e. The first-order valence-corrected chi connectivity index (χ1v) is 10.5. The van der Waals surface area contributed by atoms with Crippen molar-refractivity contribution in [3.8, 4) is 0 Å². The van der Waals surface area contributed by atoms with Crippen LogP contribution in [-0.2, 0) is 11.3 Å². The maximum atomic E-state index is 13.1. The highest BCUT2D eigenvalue weighted by Gasteiger charge is 2.40. The number of benzene rings is 2. The number of aliphatic hydroxyl groups excluding tert-OH is 1. The summed E-state index contributed by atoms with van der Waals surface area (Å²) in [5, 5.41) is 20.8. The van der Waals surface area contributed by atoms with Crippen LogP contribution in [0.1, 0.15) is 46.9 Å². The number of hydrogen-bond donors (Lipinski definition) is 3. The summed E-state index contributed by atoms with van der Waals surface area (Å²) < 4.78 is 0. The Bertz CT molecular complexity index is 971. The summed E-state index contributed by atoms with van der Waals surface area (Å²) >= 11 is 0. The Morgan fingerprint density at radius 3 is 2.52 bits per heavy atom. The van der Waals surface area contributed by atoms with Gasteiger partial charge in [-0.15, -0.1) is 0 Å². The maximum Gasteiger partial charge on any atom is 0.335 e. The quantitative estimate of drug-likeness (QED) is 0.685. The van der Waals surface area contributed by atoms with Crippen LogP contribution in [0, 0.1) is 6.92 Å². The lowest BCUT2D eigenvalue weighted by Gasteiger charge is -2.40. The SMILES string of the molecule is CC.Cc1ccc(C2C=C3C(=O)N(Cc4cccc(C(=O)O)c4)CC(CO)N3N2)cc1. The highest BCUT2D eigenvalue weighted by molar-refractivity contribution is 5.94. The number of aryl methyl sites for hydroxylation is 1. The van der Waals surface area contributed by atoms with Crippen LogP contribution in [0.2, 0.25) is 0 Å². The minimum atomic E-state index is -1.00. The number of aromatic carboxylic acids is 1. The van der Waals surface area contributed by atoms with E-state index in [0.717, 1.165) is 16.7 Å². The molecule has 4 rings (SSSR count). The lowest BCUT2D eigenvalue weighted by Crippen LogP contribution is -2.57. The van der Waals surface area contributed by atoms with Gasteiger partial charge in [-0.25, -0.2) is 10.2 Å². The van der Waals surface area contributed by atoms with E-state index >= 15 is 0 Å². The Morgan fingerprint density at radius 2 is 1.87 bits per heavy atom. The molecule has 2 aliphatic rings. The molecule has 0 aliphatic carbocycles. The summed E-state index contributed by atoms with van der Waals surface area (Å²) in [6, 6.07) is 14.3. The fourth-order valence-corrected chi connectivity index (χ4v) is 3.80. The van der Waals surface area contributed by atoms with Gasteiger partial charge in [0.1, 0.15) is 5.70 Å². The highest BCUT2D eigenvalue weighted by atomic mass is 16.4. The van der Waals surface area contributed by atoms with Crippen LogP contribution in [0.3, 0.4) is 0 Å². The Balaban J connectivity index is 0.00000132. The van der Waals surface area contributed by atoms with Crippen LogP contribution in [0.15, 0.2) is 60.3 Å². The zero-order valence-electron chi connectivity index (χ0n) is 18.1. The Labute approximate surface area is 182 Å². The fraction of sp³-hybridized carbons (Fsp3) is 0.333. The second-order valence-corrected chi connectivity index (χ2v) is 7.47. The number of aliphatic hydroxyl groups is 1. The summed E-state index contributed by atoms with van der Waals surface area (Å²) in [6.07, 6.45) is 1.88. The van der Waals surface area contributed by atoms with Gasteiger partial charge in [0.25, 0.3) is 5.91 Å². The van der Waals surface area contributed by atoms with E-state index < -0.39 is 5.97 Å². The number of carbonyl (C=O) groups excluding carboxylic acids is 1. The van der Waals surface area contributed by atoms with E-state index in [4.69, 9.17) is 0 Å². The fourth-order valence-electron chi connectivity index (χ4n) is 3.80. The lowest BCUT2D eigenvalue weighted by molar-refractivity contribution is -0.135. The van der Waals surface area contributed by atoms with Crippen molar-refractivity contribution in [2.45, 2.75) is 39.4 Å². The third-order valence-corrected chi connectivity index (χ3v) is 5.36. The molecule has 31 heavy (non-hydrogen) atoms. The van der Waals surface area contributed by atoms with Crippen LogP contribution in [-0.4, -0.2) is 51.2 Å². The zero-order valence-corrected chi connectivity index (χ0v) is 18.1. The number of nitrogens with one attached hydrogen (secondary N) is 1. The third-order valence-electron chi connectivity index (χ3n) is 5.36. The van der Waals surface area contributed by atoms with Gasteiger partial charge in [0.05, 0.1) is 24.3 Å². The summed E-state index contributed by atoms with van der Waals surface area (Å²) in [6.45, 7) is 6.55. The van der Waals surface area contributed by atoms with Gasteiger partial charge in [0.2, 0.25) is 0 Å². The molecule has 7 heteroatoms. The maximum absolute atomic E-state index is 13.1. The molecule has 2 unspecified atom stereocenters. The predicted molar refractivity (Wildman–Crippen MR) is 118 cm³/mol. The number of carboxylic acid groups (broad SMARTS) is 1. The molecule has 0 saturated carbocycles. The van der Waals surface area contributed by atoms with E-state index in [0.29, 0.717) is 12.2 Å². The van der Waals surface area contributed by atoms with Gasteiger partial charge in [-0.05, 0) is 36.3 Å². The average Bonchev–Trinajstić information content (AvgIpc) is 3.24. The minimum absolute atomic E-state index is 0.107. The molecule has 2 heterocycles. The van der Waals surface area contributed by atoms with Gasteiger partial charge in [-0.3, -0.25) is 9.80 Å². The van der Waals surface area contributed by atoms with Crippen LogP contribution < -0.4 is 5.43 Å². The standard InChI is InChI=1S/C22H23N3O4.C2H6/c1-14-5-7-16(8-6-14)19-10-20-21(27)24(12-18(13-26)25(20)23-19)11-15-3-2-4-17(9-15)22(28)29;1-2/h2-10,18-19,23,26H,11-13H2,1H3,(H,28,29);1-2H3. The monoisotopic (exact) mass is 423 g/mol. The number of carboxylic acids is 1. The van der Waals surface area contributed by atoms with Crippen molar-refractivity contribution in [1.82, 2.24) is 15.3 Å². The predicted octanol–water partition coefficient (Wildman–Crippen LogP) is 2.87. The number of piperazine rings is 1. The van der Waals surface area contributed by atoms with Gasteiger partial charge >= 0.3 is 5.97 Å². The second kappa shape index (κ2) is 9.76. The van der Waals surface area contributed by atoms with Crippen molar-refractivity contribution in [2.75, 3.05) is 13.2 Å². The Morgan fingerprint density at radius 1 is 1.16 bits per heavy atom. The number of rotatable bonds is 5. The topological polar surface area (TPSA) is 93.1 Å². The Hall–Kier alpha value is -3.16. The first kappa shape index (κ1) is 22.5. The average molecular weight is 424 g/mol. The van der Waals surface area contributed by atoms with E-state index in [-0.39, 0.29) is 36.7 Å². The van der Waals surface area contributed by atoms with Crippen molar-refractivity contribution in [2.24, 2.45) is 0 Å².